The zero-order chi connectivity index (χ0) is 6.57. The van der Waals surface area contributed by atoms with Gasteiger partial charge in [0.1, 0.15) is 5.88 Å². The maximum atomic E-state index is 9.99. The molecule has 48 valence electrons. The summed E-state index contributed by atoms with van der Waals surface area (Å²) in [4.78, 5) is 9.99. The highest BCUT2D eigenvalue weighted by molar-refractivity contribution is 7.79. The van der Waals surface area contributed by atoms with Crippen molar-refractivity contribution in [2.24, 2.45) is 0 Å². The van der Waals surface area contributed by atoms with Gasteiger partial charge in [0.15, 0.2) is 11.1 Å². The summed E-state index contributed by atoms with van der Waals surface area (Å²) in [5.41, 5.74) is 0. The van der Waals surface area contributed by atoms with Gasteiger partial charge in [0, 0.05) is 6.92 Å². The molecule has 0 fully saturated rings. The topological polar surface area (TPSA) is 66.4 Å². The normalized spacial score (nSPS) is 12.8. The second-order valence-corrected chi connectivity index (χ2v) is 2.13. The Hall–Kier alpha value is -0.420. The molecule has 1 amide bonds. The third-order valence-corrected chi connectivity index (χ3v) is 0.836. The third kappa shape index (κ3) is 5.58. The van der Waals surface area contributed by atoms with Crippen molar-refractivity contribution in [1.82, 2.24) is 5.32 Å². The second kappa shape index (κ2) is 3.57. The summed E-state index contributed by atoms with van der Waals surface area (Å²) in [6, 6.07) is 0. The van der Waals surface area contributed by atoms with Gasteiger partial charge in [0.25, 0.3) is 0 Å². The van der Waals surface area contributed by atoms with Gasteiger partial charge in [-0.25, -0.2) is 4.21 Å². The van der Waals surface area contributed by atoms with Crippen LogP contribution in [0.5, 0.6) is 0 Å². The van der Waals surface area contributed by atoms with E-state index in [1.165, 1.54) is 6.92 Å². The highest BCUT2D eigenvalue weighted by Gasteiger charge is 1.91. The van der Waals surface area contributed by atoms with E-state index in [9.17, 15) is 9.00 Å². The maximum absolute atomic E-state index is 9.99. The van der Waals surface area contributed by atoms with E-state index in [2.05, 4.69) is 5.32 Å². The average Bonchev–Trinajstić information content (AvgIpc) is 1.61. The van der Waals surface area contributed by atoms with Gasteiger partial charge in [0.2, 0.25) is 5.91 Å². The second-order valence-electron chi connectivity index (χ2n) is 1.20. The number of amides is 1. The van der Waals surface area contributed by atoms with Crippen molar-refractivity contribution in [2.75, 3.05) is 5.88 Å². The predicted molar refractivity (Wildman–Crippen MR) is 29.5 cm³/mol. The van der Waals surface area contributed by atoms with Crippen molar-refractivity contribution >= 4 is 17.0 Å². The first-order chi connectivity index (χ1) is 3.63. The zero-order valence-corrected chi connectivity index (χ0v) is 5.20. The number of hydrogen-bond donors (Lipinski definition) is 2. The highest BCUT2D eigenvalue weighted by atomic mass is 32.2. The molecule has 0 aliphatic rings. The number of hydrogen-bond acceptors (Lipinski definition) is 2. The molecule has 0 heterocycles. The first kappa shape index (κ1) is 7.58. The van der Waals surface area contributed by atoms with Crippen LogP contribution in [-0.4, -0.2) is 20.5 Å². The van der Waals surface area contributed by atoms with E-state index in [4.69, 9.17) is 4.55 Å². The van der Waals surface area contributed by atoms with Gasteiger partial charge >= 0.3 is 0 Å². The van der Waals surface area contributed by atoms with Crippen molar-refractivity contribution < 1.29 is 13.6 Å². The van der Waals surface area contributed by atoms with E-state index in [0.29, 0.717) is 0 Å². The molecule has 0 aliphatic heterocycles. The predicted octanol–water partition coefficient (Wildman–Crippen LogP) is -0.698. The fraction of sp³-hybridized carbons (Fsp3) is 0.667. The molecule has 8 heavy (non-hydrogen) atoms. The van der Waals surface area contributed by atoms with Crippen LogP contribution in [-0.2, 0) is 15.9 Å². The number of nitrogens with one attached hydrogen (secondary N) is 1. The molecule has 1 unspecified atom stereocenters. The van der Waals surface area contributed by atoms with Crippen LogP contribution in [0.3, 0.4) is 0 Å². The minimum absolute atomic E-state index is 0.185. The highest BCUT2D eigenvalue weighted by Crippen LogP contribution is 1.66. The molecule has 0 bridgehead atoms. The maximum Gasteiger partial charge on any atom is 0.217 e. The van der Waals surface area contributed by atoms with Gasteiger partial charge in [-0.1, -0.05) is 0 Å². The average molecular weight is 137 g/mol. The van der Waals surface area contributed by atoms with Gasteiger partial charge in [-0.05, 0) is 0 Å². The van der Waals surface area contributed by atoms with Gasteiger partial charge in [0.05, 0.1) is 0 Å². The lowest BCUT2D eigenvalue weighted by molar-refractivity contribution is -0.118. The van der Waals surface area contributed by atoms with Crippen LogP contribution in [0.15, 0.2) is 0 Å². The Morgan fingerprint density at radius 1 is 1.88 bits per heavy atom. The number of carbonyl (C=O) groups is 1. The molecule has 2 N–H and O–H groups in total. The molecule has 4 nitrogen and oxygen atoms in total. The summed E-state index contributed by atoms with van der Waals surface area (Å²) in [5, 5.41) is 2.16. The molecule has 0 aliphatic carbocycles. The van der Waals surface area contributed by atoms with E-state index in [1.807, 2.05) is 0 Å². The lowest BCUT2D eigenvalue weighted by Crippen LogP contribution is -2.23. The summed E-state index contributed by atoms with van der Waals surface area (Å²) < 4.78 is 17.9. The van der Waals surface area contributed by atoms with Crippen LogP contribution in [0.2, 0.25) is 0 Å². The Balaban J connectivity index is 3.18. The first-order valence-corrected chi connectivity index (χ1v) is 3.22. The van der Waals surface area contributed by atoms with Crippen molar-refractivity contribution in [2.45, 2.75) is 6.92 Å². The Labute approximate surface area is 49.6 Å². The molecule has 5 heteroatoms. The monoisotopic (exact) mass is 137 g/mol. The standard InChI is InChI=1S/C3H7NO3S/c1-3(5)4-2-8(6)7/h2H2,1H3,(H,4,5)(H,6,7). The van der Waals surface area contributed by atoms with E-state index in [1.54, 1.807) is 0 Å². The van der Waals surface area contributed by atoms with Crippen LogP contribution in [0, 0.1) is 0 Å². The quantitative estimate of drug-likeness (QED) is 0.495. The fourth-order valence-corrected chi connectivity index (χ4v) is 0.490. The Morgan fingerprint density at radius 3 is 2.50 bits per heavy atom. The molecular formula is C3H7NO3S. The molecule has 0 aromatic carbocycles. The fourth-order valence-electron chi connectivity index (χ4n) is 0.163. The van der Waals surface area contributed by atoms with Gasteiger partial charge in [-0.2, -0.15) is 0 Å². The summed E-state index contributed by atoms with van der Waals surface area (Å²) in [6.07, 6.45) is 0. The van der Waals surface area contributed by atoms with Gasteiger partial charge < -0.3 is 9.87 Å². The van der Waals surface area contributed by atoms with E-state index >= 15 is 0 Å². The molecule has 1 atom stereocenters. The van der Waals surface area contributed by atoms with Gasteiger partial charge in [-0.3, -0.25) is 4.79 Å². The van der Waals surface area contributed by atoms with Crippen LogP contribution in [0.25, 0.3) is 0 Å². The Morgan fingerprint density at radius 2 is 2.38 bits per heavy atom. The largest absolute Gasteiger partial charge is 0.342 e. The molecule has 0 aromatic rings. The minimum Gasteiger partial charge on any atom is -0.342 e. The Bertz CT molecular complexity index is 99.1. The zero-order valence-electron chi connectivity index (χ0n) is 4.38. The van der Waals surface area contributed by atoms with E-state index in [0.717, 1.165) is 0 Å². The summed E-state index contributed by atoms with van der Waals surface area (Å²) in [6.45, 7) is 1.28. The lowest BCUT2D eigenvalue weighted by atomic mass is 10.7. The number of carbonyl (C=O) groups excluding carboxylic acids is 1. The van der Waals surface area contributed by atoms with Crippen LogP contribution in [0.4, 0.5) is 0 Å². The Kier molecular flexibility index (Phi) is 3.38. The third-order valence-electron chi connectivity index (χ3n) is 0.445. The lowest BCUT2D eigenvalue weighted by Gasteiger charge is -1.93. The van der Waals surface area contributed by atoms with Crippen LogP contribution < -0.4 is 5.32 Å². The van der Waals surface area contributed by atoms with E-state index in [-0.39, 0.29) is 11.8 Å². The van der Waals surface area contributed by atoms with Crippen molar-refractivity contribution in [3.8, 4) is 0 Å². The molecule has 0 radical (unpaired) electrons. The van der Waals surface area contributed by atoms with Crippen molar-refractivity contribution in [3.05, 3.63) is 0 Å². The molecule has 0 rings (SSSR count). The first-order valence-electron chi connectivity index (χ1n) is 1.95. The molecule has 0 aromatic heterocycles. The summed E-state index contributed by atoms with van der Waals surface area (Å²) in [5.74, 6) is -0.484. The molecular weight excluding hydrogens is 130 g/mol. The molecule has 0 saturated heterocycles. The number of rotatable bonds is 2. The van der Waals surface area contributed by atoms with E-state index < -0.39 is 11.1 Å². The summed E-state index contributed by atoms with van der Waals surface area (Å²) >= 11 is -1.92. The van der Waals surface area contributed by atoms with Crippen LogP contribution in [0.1, 0.15) is 6.92 Å². The van der Waals surface area contributed by atoms with Crippen LogP contribution >= 0.6 is 0 Å². The van der Waals surface area contributed by atoms with Crippen molar-refractivity contribution in [3.63, 3.8) is 0 Å². The molecule has 0 saturated carbocycles. The molecule has 0 spiro atoms. The minimum atomic E-state index is -1.92. The van der Waals surface area contributed by atoms with Crippen molar-refractivity contribution in [1.29, 1.82) is 0 Å². The van der Waals surface area contributed by atoms with Gasteiger partial charge in [-0.15, -0.1) is 0 Å². The SMILES string of the molecule is CC(=O)NCS(=O)O. The smallest absolute Gasteiger partial charge is 0.217 e. The summed E-state index contributed by atoms with van der Waals surface area (Å²) in [7, 11) is 0.